The van der Waals surface area contributed by atoms with Crippen LogP contribution in [0.25, 0.3) is 0 Å². The molecule has 1 aliphatic heterocycles. The van der Waals surface area contributed by atoms with E-state index in [1.807, 2.05) is 24.3 Å². The Bertz CT molecular complexity index is 776. The summed E-state index contributed by atoms with van der Waals surface area (Å²) in [6.45, 7) is 0.757. The summed E-state index contributed by atoms with van der Waals surface area (Å²) < 4.78 is 18.2. The first-order chi connectivity index (χ1) is 12.1. The van der Waals surface area contributed by atoms with Crippen molar-refractivity contribution in [1.29, 1.82) is 0 Å². The van der Waals surface area contributed by atoms with Crippen molar-refractivity contribution in [3.63, 3.8) is 0 Å². The number of para-hydroxylation sites is 1. The average Bonchev–Trinajstić information content (AvgIpc) is 2.98. The number of carbonyl (C=O) groups is 2. The first kappa shape index (κ1) is 17.0. The maximum atomic E-state index is 12.9. The van der Waals surface area contributed by atoms with E-state index in [0.717, 1.165) is 11.3 Å². The molecule has 1 aliphatic rings. The highest BCUT2D eigenvalue weighted by atomic mass is 19.1. The third-order valence-electron chi connectivity index (χ3n) is 4.25. The third-order valence-corrected chi connectivity index (χ3v) is 4.25. The van der Waals surface area contributed by atoms with Gasteiger partial charge in [0.25, 0.3) is 0 Å². The molecule has 2 aromatic rings. The van der Waals surface area contributed by atoms with Gasteiger partial charge in [0.15, 0.2) is 0 Å². The summed E-state index contributed by atoms with van der Waals surface area (Å²) in [6, 6.07) is 13.1. The Morgan fingerprint density at radius 3 is 2.68 bits per heavy atom. The number of nitrogens with one attached hydrogen (secondary N) is 1. The summed E-state index contributed by atoms with van der Waals surface area (Å²) in [5.41, 5.74) is 1.42. The van der Waals surface area contributed by atoms with Crippen molar-refractivity contribution < 1.29 is 18.7 Å². The SMILES string of the molecule is COc1ccccc1CN1C[C@@H](C(=O)Nc2ccc(F)cc2)CC1=O. The number of hydrogen-bond acceptors (Lipinski definition) is 3. The molecule has 0 unspecified atom stereocenters. The van der Waals surface area contributed by atoms with Crippen LogP contribution in [-0.4, -0.2) is 30.4 Å². The van der Waals surface area contributed by atoms with Crippen LogP contribution in [-0.2, 0) is 16.1 Å². The van der Waals surface area contributed by atoms with Crippen LogP contribution in [0.4, 0.5) is 10.1 Å². The van der Waals surface area contributed by atoms with E-state index in [0.29, 0.717) is 18.8 Å². The summed E-state index contributed by atoms with van der Waals surface area (Å²) in [4.78, 5) is 26.3. The zero-order valence-corrected chi connectivity index (χ0v) is 13.9. The summed E-state index contributed by atoms with van der Waals surface area (Å²) >= 11 is 0. The predicted octanol–water partition coefficient (Wildman–Crippen LogP) is 2.82. The van der Waals surface area contributed by atoms with Crippen molar-refractivity contribution in [2.24, 2.45) is 5.92 Å². The quantitative estimate of drug-likeness (QED) is 0.909. The average molecular weight is 342 g/mol. The molecule has 0 spiro atoms. The second-order valence-corrected chi connectivity index (χ2v) is 5.98. The van der Waals surface area contributed by atoms with E-state index < -0.39 is 5.92 Å². The molecule has 3 rings (SSSR count). The second-order valence-electron chi connectivity index (χ2n) is 5.98. The molecular formula is C19H19FN2O3. The minimum Gasteiger partial charge on any atom is -0.496 e. The van der Waals surface area contributed by atoms with Crippen molar-refractivity contribution in [2.45, 2.75) is 13.0 Å². The van der Waals surface area contributed by atoms with Gasteiger partial charge < -0.3 is 15.0 Å². The molecule has 1 heterocycles. The van der Waals surface area contributed by atoms with E-state index in [1.165, 1.54) is 24.3 Å². The van der Waals surface area contributed by atoms with Gasteiger partial charge in [-0.05, 0) is 30.3 Å². The van der Waals surface area contributed by atoms with Crippen LogP contribution >= 0.6 is 0 Å². The number of hydrogen-bond donors (Lipinski definition) is 1. The Hall–Kier alpha value is -2.89. The molecule has 2 aromatic carbocycles. The van der Waals surface area contributed by atoms with E-state index in [2.05, 4.69) is 5.32 Å². The number of likely N-dealkylation sites (tertiary alicyclic amines) is 1. The molecule has 1 fully saturated rings. The minimum absolute atomic E-state index is 0.0647. The molecule has 1 saturated heterocycles. The maximum Gasteiger partial charge on any atom is 0.229 e. The van der Waals surface area contributed by atoms with Crippen molar-refractivity contribution in [1.82, 2.24) is 4.90 Å². The van der Waals surface area contributed by atoms with E-state index in [-0.39, 0.29) is 24.1 Å². The molecule has 0 aromatic heterocycles. The highest BCUT2D eigenvalue weighted by Crippen LogP contribution is 2.25. The van der Waals surface area contributed by atoms with Crippen LogP contribution in [0.2, 0.25) is 0 Å². The molecule has 5 nitrogen and oxygen atoms in total. The Morgan fingerprint density at radius 2 is 1.96 bits per heavy atom. The van der Waals surface area contributed by atoms with Crippen molar-refractivity contribution >= 4 is 17.5 Å². The first-order valence-corrected chi connectivity index (χ1v) is 8.03. The maximum absolute atomic E-state index is 12.9. The Balaban J connectivity index is 1.63. The lowest BCUT2D eigenvalue weighted by Gasteiger charge is -2.18. The fraction of sp³-hybridized carbons (Fsp3) is 0.263. The summed E-state index contributed by atoms with van der Waals surface area (Å²) in [5.74, 6) is -0.369. The Kier molecular flexibility index (Phi) is 4.97. The molecule has 0 bridgehead atoms. The van der Waals surface area contributed by atoms with Gasteiger partial charge >= 0.3 is 0 Å². The number of nitrogens with zero attached hydrogens (tertiary/aromatic N) is 1. The Morgan fingerprint density at radius 1 is 1.24 bits per heavy atom. The van der Waals surface area contributed by atoms with Crippen molar-refractivity contribution in [2.75, 3.05) is 19.0 Å². The standard InChI is InChI=1S/C19H19FN2O3/c1-25-17-5-3-2-4-13(17)11-22-12-14(10-18(22)23)19(24)21-16-8-6-15(20)7-9-16/h2-9,14H,10-12H2,1H3,(H,21,24)/t14-/m0/s1. The van der Waals surface area contributed by atoms with Gasteiger partial charge in [0.1, 0.15) is 11.6 Å². The first-order valence-electron chi connectivity index (χ1n) is 8.03. The van der Waals surface area contributed by atoms with E-state index in [1.54, 1.807) is 12.0 Å². The number of anilines is 1. The van der Waals surface area contributed by atoms with Gasteiger partial charge in [-0.3, -0.25) is 9.59 Å². The zero-order chi connectivity index (χ0) is 17.8. The molecule has 1 atom stereocenters. The van der Waals surface area contributed by atoms with Crippen molar-refractivity contribution in [3.05, 3.63) is 59.9 Å². The molecule has 0 aliphatic carbocycles. The number of ether oxygens (including phenoxy) is 1. The number of halogens is 1. The lowest BCUT2D eigenvalue weighted by molar-refractivity contribution is -0.128. The van der Waals surface area contributed by atoms with E-state index in [9.17, 15) is 14.0 Å². The monoisotopic (exact) mass is 342 g/mol. The van der Waals surface area contributed by atoms with Crippen LogP contribution in [0, 0.1) is 11.7 Å². The topological polar surface area (TPSA) is 58.6 Å². The number of benzene rings is 2. The summed E-state index contributed by atoms with van der Waals surface area (Å²) in [6.07, 6.45) is 0.169. The van der Waals surface area contributed by atoms with Crippen LogP contribution in [0.5, 0.6) is 5.75 Å². The van der Waals surface area contributed by atoms with Gasteiger partial charge in [0.05, 0.1) is 13.0 Å². The number of rotatable bonds is 5. The lowest BCUT2D eigenvalue weighted by Crippen LogP contribution is -2.28. The molecule has 6 heteroatoms. The fourth-order valence-electron chi connectivity index (χ4n) is 2.92. The smallest absolute Gasteiger partial charge is 0.229 e. The van der Waals surface area contributed by atoms with Gasteiger partial charge in [-0.25, -0.2) is 4.39 Å². The zero-order valence-electron chi connectivity index (χ0n) is 13.9. The largest absolute Gasteiger partial charge is 0.496 e. The van der Waals surface area contributed by atoms with Gasteiger partial charge in [-0.1, -0.05) is 18.2 Å². The highest BCUT2D eigenvalue weighted by molar-refractivity contribution is 5.97. The van der Waals surface area contributed by atoms with Gasteiger partial charge in [-0.2, -0.15) is 0 Å². The summed E-state index contributed by atoms with van der Waals surface area (Å²) in [5, 5.41) is 2.73. The summed E-state index contributed by atoms with van der Waals surface area (Å²) in [7, 11) is 1.59. The molecule has 1 N–H and O–H groups in total. The van der Waals surface area contributed by atoms with Crippen LogP contribution in [0.3, 0.4) is 0 Å². The third kappa shape index (κ3) is 3.96. The van der Waals surface area contributed by atoms with Crippen LogP contribution in [0.15, 0.2) is 48.5 Å². The Labute approximate surface area is 145 Å². The van der Waals surface area contributed by atoms with Crippen LogP contribution in [0.1, 0.15) is 12.0 Å². The molecule has 25 heavy (non-hydrogen) atoms. The second kappa shape index (κ2) is 7.34. The lowest BCUT2D eigenvalue weighted by atomic mass is 10.1. The minimum atomic E-state index is -0.424. The molecule has 130 valence electrons. The van der Waals surface area contributed by atoms with Gasteiger partial charge in [-0.15, -0.1) is 0 Å². The number of methoxy groups -OCH3 is 1. The van der Waals surface area contributed by atoms with Crippen LogP contribution < -0.4 is 10.1 Å². The molecular weight excluding hydrogens is 323 g/mol. The van der Waals surface area contributed by atoms with E-state index >= 15 is 0 Å². The van der Waals surface area contributed by atoms with Gasteiger partial charge in [0, 0.05) is 30.8 Å². The number of carbonyl (C=O) groups excluding carboxylic acids is 2. The molecule has 0 radical (unpaired) electrons. The number of amides is 2. The fourth-order valence-corrected chi connectivity index (χ4v) is 2.92. The van der Waals surface area contributed by atoms with E-state index in [4.69, 9.17) is 4.74 Å². The van der Waals surface area contributed by atoms with Gasteiger partial charge in [0.2, 0.25) is 11.8 Å². The normalized spacial score (nSPS) is 16.8. The van der Waals surface area contributed by atoms with Crippen molar-refractivity contribution in [3.8, 4) is 5.75 Å². The molecule has 0 saturated carbocycles. The highest BCUT2D eigenvalue weighted by Gasteiger charge is 2.34. The molecule has 2 amide bonds. The predicted molar refractivity (Wildman–Crippen MR) is 91.5 cm³/mol.